The van der Waals surface area contributed by atoms with Gasteiger partial charge < -0.3 is 24.8 Å². The van der Waals surface area contributed by atoms with Crippen molar-refractivity contribution in [3.05, 3.63) is 52.5 Å². The molecule has 1 aromatic carbocycles. The molecular weight excluding hydrogens is 374 g/mol. The second-order valence-electron chi connectivity index (χ2n) is 6.84. The van der Waals surface area contributed by atoms with Gasteiger partial charge in [0.2, 0.25) is 11.8 Å². The van der Waals surface area contributed by atoms with Gasteiger partial charge in [-0.1, -0.05) is 12.1 Å². The number of aromatic nitrogens is 2. The van der Waals surface area contributed by atoms with Crippen molar-refractivity contribution in [2.24, 2.45) is 5.73 Å². The fourth-order valence-corrected chi connectivity index (χ4v) is 3.54. The van der Waals surface area contributed by atoms with Crippen molar-refractivity contribution in [2.45, 2.75) is 12.8 Å². The Bertz CT molecular complexity index is 983. The van der Waals surface area contributed by atoms with Crippen molar-refractivity contribution >= 4 is 5.91 Å². The minimum atomic E-state index is -0.383. The van der Waals surface area contributed by atoms with Gasteiger partial charge in [0.05, 0.1) is 19.1 Å². The summed E-state index contributed by atoms with van der Waals surface area (Å²) in [7, 11) is 0. The van der Waals surface area contributed by atoms with Gasteiger partial charge in [-0.2, -0.15) is 5.26 Å². The fourth-order valence-electron chi connectivity index (χ4n) is 3.54. The van der Waals surface area contributed by atoms with E-state index in [9.17, 15) is 10.1 Å². The number of aromatic amines is 1. The highest BCUT2D eigenvalue weighted by Crippen LogP contribution is 2.42. The van der Waals surface area contributed by atoms with Crippen LogP contribution in [0.25, 0.3) is 0 Å². The minimum Gasteiger partial charge on any atom is -0.484 e. The Labute approximate surface area is 167 Å². The first-order chi connectivity index (χ1) is 14.1. The lowest BCUT2D eigenvalue weighted by Gasteiger charge is -2.26. The summed E-state index contributed by atoms with van der Waals surface area (Å²) in [5.41, 5.74) is 8.70. The molecule has 0 bridgehead atoms. The van der Waals surface area contributed by atoms with E-state index in [1.165, 1.54) is 0 Å². The Hall–Kier alpha value is -3.51. The summed E-state index contributed by atoms with van der Waals surface area (Å²) in [6.07, 6.45) is 0. The summed E-state index contributed by atoms with van der Waals surface area (Å²) in [6, 6.07) is 9.40. The number of nitriles is 1. The number of H-pyrrole nitrogens is 1. The molecule has 0 aliphatic carbocycles. The van der Waals surface area contributed by atoms with Gasteiger partial charge in [-0.15, -0.1) is 5.10 Å². The highest BCUT2D eigenvalue weighted by molar-refractivity contribution is 5.77. The molecular formula is C20H21N5O4. The Morgan fingerprint density at radius 1 is 1.38 bits per heavy atom. The number of nitrogens with two attached hydrogens (primary N) is 1. The van der Waals surface area contributed by atoms with Crippen molar-refractivity contribution in [3.8, 4) is 17.7 Å². The number of aryl methyl sites for hydroxylation is 1. The van der Waals surface area contributed by atoms with Gasteiger partial charge in [0.15, 0.2) is 6.61 Å². The molecule has 3 N–H and O–H groups in total. The SMILES string of the molecule is Cc1[nH]nc2c1[C@H](c1ccc(OCC(=O)N3CCOCC3)cc1)C(C#N)=C(N)O2. The summed E-state index contributed by atoms with van der Waals surface area (Å²) in [5.74, 6) is 0.546. The molecule has 1 aromatic heterocycles. The lowest BCUT2D eigenvalue weighted by molar-refractivity contribution is -0.137. The van der Waals surface area contributed by atoms with Crippen LogP contribution in [-0.2, 0) is 9.53 Å². The van der Waals surface area contributed by atoms with Gasteiger partial charge in [0.1, 0.15) is 17.4 Å². The maximum absolute atomic E-state index is 12.2. The van der Waals surface area contributed by atoms with Crippen molar-refractivity contribution < 1.29 is 19.0 Å². The van der Waals surface area contributed by atoms with Crippen LogP contribution in [0.5, 0.6) is 11.6 Å². The predicted molar refractivity (Wildman–Crippen MR) is 102 cm³/mol. The zero-order valence-electron chi connectivity index (χ0n) is 16.0. The molecule has 1 saturated heterocycles. The monoisotopic (exact) mass is 395 g/mol. The van der Waals surface area contributed by atoms with E-state index < -0.39 is 0 Å². The molecule has 1 amide bonds. The van der Waals surface area contributed by atoms with Gasteiger partial charge in [-0.25, -0.2) is 0 Å². The maximum atomic E-state index is 12.2. The zero-order chi connectivity index (χ0) is 20.4. The van der Waals surface area contributed by atoms with Crippen LogP contribution in [-0.4, -0.2) is 53.9 Å². The number of hydrogen-bond acceptors (Lipinski definition) is 7. The van der Waals surface area contributed by atoms with Gasteiger partial charge in [0, 0.05) is 24.3 Å². The van der Waals surface area contributed by atoms with E-state index in [1.54, 1.807) is 17.0 Å². The smallest absolute Gasteiger partial charge is 0.260 e. The minimum absolute atomic E-state index is 0.0299. The van der Waals surface area contributed by atoms with Crippen LogP contribution in [0.2, 0.25) is 0 Å². The van der Waals surface area contributed by atoms with Crippen molar-refractivity contribution in [2.75, 3.05) is 32.9 Å². The molecule has 0 spiro atoms. The second-order valence-corrected chi connectivity index (χ2v) is 6.84. The summed E-state index contributed by atoms with van der Waals surface area (Å²) in [5, 5.41) is 16.6. The zero-order valence-corrected chi connectivity index (χ0v) is 16.0. The van der Waals surface area contributed by atoms with E-state index >= 15 is 0 Å². The van der Waals surface area contributed by atoms with E-state index in [-0.39, 0.29) is 24.3 Å². The van der Waals surface area contributed by atoms with Gasteiger partial charge >= 0.3 is 0 Å². The summed E-state index contributed by atoms with van der Waals surface area (Å²) in [4.78, 5) is 13.9. The summed E-state index contributed by atoms with van der Waals surface area (Å²) >= 11 is 0. The van der Waals surface area contributed by atoms with Crippen LogP contribution in [0.15, 0.2) is 35.7 Å². The van der Waals surface area contributed by atoms with Crippen molar-refractivity contribution in [3.63, 3.8) is 0 Å². The number of benzene rings is 1. The average molecular weight is 395 g/mol. The number of carbonyl (C=O) groups excluding carboxylic acids is 1. The predicted octanol–water partition coefficient (Wildman–Crippen LogP) is 1.17. The van der Waals surface area contributed by atoms with Gasteiger partial charge in [-0.05, 0) is 24.6 Å². The fraction of sp³-hybridized carbons (Fsp3) is 0.350. The van der Waals surface area contributed by atoms with Crippen LogP contribution < -0.4 is 15.2 Å². The molecule has 2 aliphatic heterocycles. The summed E-state index contributed by atoms with van der Waals surface area (Å²) < 4.78 is 16.4. The normalized spacial score (nSPS) is 18.6. The topological polar surface area (TPSA) is 126 Å². The average Bonchev–Trinajstić information content (AvgIpc) is 3.12. The molecule has 2 aromatic rings. The number of fused-ring (bicyclic) bond motifs is 1. The molecule has 3 heterocycles. The number of amides is 1. The Morgan fingerprint density at radius 2 is 2.10 bits per heavy atom. The molecule has 1 fully saturated rings. The van der Waals surface area contributed by atoms with Gasteiger partial charge in [-0.3, -0.25) is 9.89 Å². The number of nitrogens with one attached hydrogen (secondary N) is 1. The molecule has 0 saturated carbocycles. The first-order valence-corrected chi connectivity index (χ1v) is 9.29. The van der Waals surface area contributed by atoms with E-state index in [1.807, 2.05) is 19.1 Å². The van der Waals surface area contributed by atoms with Crippen LogP contribution in [0, 0.1) is 18.3 Å². The molecule has 150 valence electrons. The lowest BCUT2D eigenvalue weighted by Crippen LogP contribution is -2.42. The quantitative estimate of drug-likeness (QED) is 0.796. The Morgan fingerprint density at radius 3 is 2.79 bits per heavy atom. The molecule has 2 aliphatic rings. The number of hydrogen-bond donors (Lipinski definition) is 2. The molecule has 1 atom stereocenters. The molecule has 9 nitrogen and oxygen atoms in total. The van der Waals surface area contributed by atoms with Gasteiger partial charge in [0.25, 0.3) is 5.91 Å². The molecule has 0 unspecified atom stereocenters. The third-order valence-corrected chi connectivity index (χ3v) is 5.07. The number of ether oxygens (including phenoxy) is 3. The van der Waals surface area contributed by atoms with Crippen LogP contribution >= 0.6 is 0 Å². The maximum Gasteiger partial charge on any atom is 0.260 e. The largest absolute Gasteiger partial charge is 0.484 e. The molecule has 9 heteroatoms. The molecule has 29 heavy (non-hydrogen) atoms. The highest BCUT2D eigenvalue weighted by Gasteiger charge is 2.34. The van der Waals surface area contributed by atoms with Crippen LogP contribution in [0.3, 0.4) is 0 Å². The van der Waals surface area contributed by atoms with Crippen molar-refractivity contribution in [1.29, 1.82) is 5.26 Å². The lowest BCUT2D eigenvalue weighted by atomic mass is 9.84. The van der Waals surface area contributed by atoms with E-state index in [0.717, 1.165) is 16.8 Å². The third kappa shape index (κ3) is 3.62. The summed E-state index contributed by atoms with van der Waals surface area (Å²) in [6.45, 7) is 4.12. The molecule has 0 radical (unpaired) electrons. The number of carbonyl (C=O) groups is 1. The number of rotatable bonds is 4. The van der Waals surface area contributed by atoms with Crippen LogP contribution in [0.4, 0.5) is 0 Å². The Kier molecular flexibility index (Phi) is 5.10. The number of allylic oxidation sites excluding steroid dienone is 1. The Balaban J connectivity index is 1.51. The number of morpholine rings is 1. The van der Waals surface area contributed by atoms with E-state index in [0.29, 0.717) is 43.5 Å². The van der Waals surface area contributed by atoms with E-state index in [2.05, 4.69) is 16.3 Å². The van der Waals surface area contributed by atoms with Crippen molar-refractivity contribution in [1.82, 2.24) is 15.1 Å². The first-order valence-electron chi connectivity index (χ1n) is 9.29. The van der Waals surface area contributed by atoms with Crippen LogP contribution in [0.1, 0.15) is 22.7 Å². The molecule has 4 rings (SSSR count). The first kappa shape index (κ1) is 18.8. The second kappa shape index (κ2) is 7.85. The highest BCUT2D eigenvalue weighted by atomic mass is 16.5. The standard InChI is InChI=1S/C20H21N5O4/c1-12-17-18(15(10-21)19(22)29-20(17)24-23-12)13-2-4-14(5-3-13)28-11-16(26)25-6-8-27-9-7-25/h2-5,18H,6-9,11,22H2,1H3,(H,23,24)/t18-/m1/s1. The number of nitrogens with zero attached hydrogens (tertiary/aromatic N) is 3. The van der Waals surface area contributed by atoms with E-state index in [4.69, 9.17) is 19.9 Å². The third-order valence-electron chi connectivity index (χ3n) is 5.07.